The minimum Gasteiger partial charge on any atom is -0.508 e. The molecule has 2 N–H and O–H groups in total. The molecule has 20 heavy (non-hydrogen) atoms. The van der Waals surface area contributed by atoms with Gasteiger partial charge in [0.05, 0.1) is 13.5 Å². The fourth-order valence-electron chi connectivity index (χ4n) is 1.88. The number of aromatic hydroxyl groups is 1. The first-order valence-electron chi connectivity index (χ1n) is 6.35. The van der Waals surface area contributed by atoms with E-state index in [1.54, 1.807) is 31.4 Å². The van der Waals surface area contributed by atoms with Crippen molar-refractivity contribution in [2.24, 2.45) is 0 Å². The third-order valence-corrected chi connectivity index (χ3v) is 2.97. The van der Waals surface area contributed by atoms with Crippen LogP contribution >= 0.6 is 0 Å². The second kappa shape index (κ2) is 6.61. The fraction of sp³-hybridized carbons (Fsp3) is 0.188. The average Bonchev–Trinajstić information content (AvgIpc) is 2.48. The molecule has 0 aromatic heterocycles. The topological polar surface area (TPSA) is 58.6 Å². The van der Waals surface area contributed by atoms with E-state index in [1.165, 1.54) is 0 Å². The van der Waals surface area contributed by atoms with Crippen molar-refractivity contribution in [3.63, 3.8) is 0 Å². The molecule has 0 atom stereocenters. The number of amides is 1. The summed E-state index contributed by atoms with van der Waals surface area (Å²) < 4.78 is 5.13. The lowest BCUT2D eigenvalue weighted by atomic mass is 10.1. The van der Waals surface area contributed by atoms with E-state index in [1.807, 2.05) is 24.3 Å². The Hall–Kier alpha value is -2.49. The van der Waals surface area contributed by atoms with E-state index in [2.05, 4.69) is 5.32 Å². The highest BCUT2D eigenvalue weighted by Crippen LogP contribution is 2.16. The molecule has 4 heteroatoms. The lowest BCUT2D eigenvalue weighted by Crippen LogP contribution is -2.24. The number of para-hydroxylation sites is 1. The molecule has 0 aliphatic carbocycles. The van der Waals surface area contributed by atoms with Gasteiger partial charge in [-0.2, -0.15) is 0 Å². The summed E-state index contributed by atoms with van der Waals surface area (Å²) in [5.74, 6) is 0.774. The van der Waals surface area contributed by atoms with Crippen LogP contribution in [0.15, 0.2) is 48.5 Å². The number of carbonyl (C=O) groups is 1. The van der Waals surface area contributed by atoms with Crippen LogP contribution in [-0.2, 0) is 17.8 Å². The summed E-state index contributed by atoms with van der Waals surface area (Å²) in [6.45, 7) is 0.434. The van der Waals surface area contributed by atoms with Gasteiger partial charge in [0.15, 0.2) is 0 Å². The first-order valence-corrected chi connectivity index (χ1v) is 6.35. The fourth-order valence-corrected chi connectivity index (χ4v) is 1.88. The second-order valence-electron chi connectivity index (χ2n) is 4.43. The van der Waals surface area contributed by atoms with Gasteiger partial charge in [0.25, 0.3) is 0 Å². The van der Waals surface area contributed by atoms with Crippen molar-refractivity contribution in [2.75, 3.05) is 7.11 Å². The molecule has 0 spiro atoms. The van der Waals surface area contributed by atoms with E-state index in [4.69, 9.17) is 4.74 Å². The zero-order valence-corrected chi connectivity index (χ0v) is 11.3. The second-order valence-corrected chi connectivity index (χ2v) is 4.43. The van der Waals surface area contributed by atoms with E-state index in [0.29, 0.717) is 12.1 Å². The summed E-state index contributed by atoms with van der Waals surface area (Å²) in [7, 11) is 1.61. The number of carbonyl (C=O) groups excluding carboxylic acids is 1. The standard InChI is InChI=1S/C16H17NO3/c1-20-14-7-4-5-12(9-14)11-17-16(19)10-13-6-2-3-8-15(13)18/h2-9,18H,10-11H2,1H3,(H,17,19). The number of hydrogen-bond acceptors (Lipinski definition) is 3. The van der Waals surface area contributed by atoms with Gasteiger partial charge in [-0.15, -0.1) is 0 Å². The van der Waals surface area contributed by atoms with Gasteiger partial charge in [0, 0.05) is 12.1 Å². The van der Waals surface area contributed by atoms with Crippen LogP contribution in [0.4, 0.5) is 0 Å². The van der Waals surface area contributed by atoms with Crippen LogP contribution in [0.25, 0.3) is 0 Å². The van der Waals surface area contributed by atoms with Gasteiger partial charge in [0.1, 0.15) is 11.5 Å². The van der Waals surface area contributed by atoms with Crippen LogP contribution in [0.3, 0.4) is 0 Å². The molecule has 104 valence electrons. The molecule has 1 amide bonds. The normalized spacial score (nSPS) is 10.1. The molecule has 0 bridgehead atoms. The smallest absolute Gasteiger partial charge is 0.224 e. The Balaban J connectivity index is 1.90. The van der Waals surface area contributed by atoms with Crippen LogP contribution in [0, 0.1) is 0 Å². The lowest BCUT2D eigenvalue weighted by molar-refractivity contribution is -0.120. The van der Waals surface area contributed by atoms with Gasteiger partial charge in [-0.3, -0.25) is 4.79 Å². The van der Waals surface area contributed by atoms with E-state index < -0.39 is 0 Å². The maximum Gasteiger partial charge on any atom is 0.224 e. The highest BCUT2D eigenvalue weighted by Gasteiger charge is 2.07. The molecule has 2 aromatic carbocycles. The molecule has 0 heterocycles. The molecular formula is C16H17NO3. The molecule has 2 rings (SSSR count). The Morgan fingerprint density at radius 2 is 2.00 bits per heavy atom. The third kappa shape index (κ3) is 3.75. The van der Waals surface area contributed by atoms with E-state index in [0.717, 1.165) is 11.3 Å². The number of phenols is 1. The van der Waals surface area contributed by atoms with Gasteiger partial charge in [-0.1, -0.05) is 30.3 Å². The monoisotopic (exact) mass is 271 g/mol. The molecule has 0 radical (unpaired) electrons. The van der Waals surface area contributed by atoms with E-state index in [-0.39, 0.29) is 18.1 Å². The van der Waals surface area contributed by atoms with Crippen molar-refractivity contribution < 1.29 is 14.6 Å². The summed E-state index contributed by atoms with van der Waals surface area (Å²) in [4.78, 5) is 11.8. The van der Waals surface area contributed by atoms with E-state index in [9.17, 15) is 9.90 Å². The minimum absolute atomic E-state index is 0.130. The predicted octanol–water partition coefficient (Wildman–Crippen LogP) is 2.26. The van der Waals surface area contributed by atoms with Crippen LogP contribution in [0.2, 0.25) is 0 Å². The van der Waals surface area contributed by atoms with Crippen molar-refractivity contribution >= 4 is 5.91 Å². The molecule has 4 nitrogen and oxygen atoms in total. The molecule has 0 fully saturated rings. The number of methoxy groups -OCH3 is 1. The van der Waals surface area contributed by atoms with Crippen molar-refractivity contribution in [3.05, 3.63) is 59.7 Å². The molecule has 0 saturated heterocycles. The SMILES string of the molecule is COc1cccc(CNC(=O)Cc2ccccc2O)c1. The van der Waals surface area contributed by atoms with Gasteiger partial charge in [-0.25, -0.2) is 0 Å². The molecule has 0 aliphatic heterocycles. The van der Waals surface area contributed by atoms with Crippen LogP contribution in [0.1, 0.15) is 11.1 Å². The summed E-state index contributed by atoms with van der Waals surface area (Å²) in [5.41, 5.74) is 1.59. The lowest BCUT2D eigenvalue weighted by Gasteiger charge is -2.08. The van der Waals surface area contributed by atoms with Crippen LogP contribution < -0.4 is 10.1 Å². The third-order valence-electron chi connectivity index (χ3n) is 2.97. The summed E-state index contributed by atoms with van der Waals surface area (Å²) in [6.07, 6.45) is 0.163. The number of ether oxygens (including phenoxy) is 1. The Kier molecular flexibility index (Phi) is 4.60. The van der Waals surface area contributed by atoms with Crippen molar-refractivity contribution in [1.29, 1.82) is 0 Å². The van der Waals surface area contributed by atoms with Crippen LogP contribution in [0.5, 0.6) is 11.5 Å². The number of nitrogens with one attached hydrogen (secondary N) is 1. The van der Waals surface area contributed by atoms with Crippen molar-refractivity contribution in [1.82, 2.24) is 5.32 Å². The van der Waals surface area contributed by atoms with E-state index >= 15 is 0 Å². The summed E-state index contributed by atoms with van der Waals surface area (Å²) >= 11 is 0. The quantitative estimate of drug-likeness (QED) is 0.877. The number of hydrogen-bond donors (Lipinski definition) is 2. The Labute approximate surface area is 118 Å². The largest absolute Gasteiger partial charge is 0.508 e. The first kappa shape index (κ1) is 13.9. The molecule has 0 aliphatic rings. The summed E-state index contributed by atoms with van der Waals surface area (Å²) in [6, 6.07) is 14.4. The summed E-state index contributed by atoms with van der Waals surface area (Å²) in [5, 5.41) is 12.4. The van der Waals surface area contributed by atoms with Gasteiger partial charge < -0.3 is 15.2 Å². The number of phenolic OH excluding ortho intramolecular Hbond substituents is 1. The molecule has 0 unspecified atom stereocenters. The number of rotatable bonds is 5. The Bertz CT molecular complexity index is 596. The minimum atomic E-state index is -0.130. The van der Waals surface area contributed by atoms with Crippen LogP contribution in [-0.4, -0.2) is 18.1 Å². The maximum atomic E-state index is 11.8. The Morgan fingerprint density at radius 3 is 2.75 bits per heavy atom. The molecule has 0 saturated carbocycles. The highest BCUT2D eigenvalue weighted by molar-refractivity contribution is 5.79. The zero-order chi connectivity index (χ0) is 14.4. The number of benzene rings is 2. The maximum absolute atomic E-state index is 11.8. The molecule has 2 aromatic rings. The average molecular weight is 271 g/mol. The Morgan fingerprint density at radius 1 is 1.20 bits per heavy atom. The van der Waals surface area contributed by atoms with Gasteiger partial charge in [0.2, 0.25) is 5.91 Å². The zero-order valence-electron chi connectivity index (χ0n) is 11.3. The van der Waals surface area contributed by atoms with Gasteiger partial charge >= 0.3 is 0 Å². The van der Waals surface area contributed by atoms with Gasteiger partial charge in [-0.05, 0) is 23.8 Å². The van der Waals surface area contributed by atoms with Crippen molar-refractivity contribution in [2.45, 2.75) is 13.0 Å². The predicted molar refractivity (Wildman–Crippen MR) is 76.7 cm³/mol. The molecular weight excluding hydrogens is 254 g/mol. The highest BCUT2D eigenvalue weighted by atomic mass is 16.5. The first-order chi connectivity index (χ1) is 9.69. The van der Waals surface area contributed by atoms with Crippen molar-refractivity contribution in [3.8, 4) is 11.5 Å².